The molecule has 0 saturated heterocycles. The van der Waals surface area contributed by atoms with Gasteiger partial charge < -0.3 is 10.6 Å². The van der Waals surface area contributed by atoms with Crippen molar-refractivity contribution < 1.29 is 4.79 Å². The number of nitrogens with one attached hydrogen (secondary N) is 2. The van der Waals surface area contributed by atoms with E-state index in [1.165, 1.54) is 17.5 Å². The van der Waals surface area contributed by atoms with Crippen molar-refractivity contribution in [3.8, 4) is 0 Å². The van der Waals surface area contributed by atoms with Crippen molar-refractivity contribution >= 4 is 39.8 Å². The van der Waals surface area contributed by atoms with E-state index in [1.807, 2.05) is 6.92 Å². The van der Waals surface area contributed by atoms with E-state index in [9.17, 15) is 4.79 Å². The Hall–Kier alpha value is -1.73. The molecule has 2 rings (SSSR count). The largest absolute Gasteiger partial charge is 0.360 e. The fraction of sp³-hybridized carbons (Fsp3) is 0.200. The molecule has 6 nitrogen and oxygen atoms in total. The van der Waals surface area contributed by atoms with E-state index in [1.54, 1.807) is 12.1 Å². The Balaban J connectivity index is 2.04. The highest BCUT2D eigenvalue weighted by molar-refractivity contribution is 7.17. The quantitative estimate of drug-likeness (QED) is 0.900. The summed E-state index contributed by atoms with van der Waals surface area (Å²) in [6.45, 7) is 2.67. The van der Waals surface area contributed by atoms with Gasteiger partial charge in [-0.2, -0.15) is 0 Å². The lowest BCUT2D eigenvalue weighted by Gasteiger charge is -2.00. The van der Waals surface area contributed by atoms with Gasteiger partial charge in [-0.05, 0) is 19.1 Å². The summed E-state index contributed by atoms with van der Waals surface area (Å²) < 4.78 is 0. The number of amides is 1. The van der Waals surface area contributed by atoms with Crippen LogP contribution >= 0.6 is 22.9 Å². The van der Waals surface area contributed by atoms with Crippen LogP contribution in [0.3, 0.4) is 0 Å². The predicted octanol–water partition coefficient (Wildman–Crippen LogP) is 2.27. The van der Waals surface area contributed by atoms with Gasteiger partial charge in [-0.1, -0.05) is 22.9 Å². The van der Waals surface area contributed by atoms with Crippen molar-refractivity contribution in [3.63, 3.8) is 0 Å². The first-order valence-corrected chi connectivity index (χ1v) is 6.38. The van der Waals surface area contributed by atoms with E-state index >= 15 is 0 Å². The molecule has 0 aliphatic heterocycles. The van der Waals surface area contributed by atoms with Crippen LogP contribution in [0.2, 0.25) is 5.02 Å². The number of nitrogens with zero attached hydrogens (tertiary/aromatic N) is 3. The minimum atomic E-state index is -0.341. The number of pyridine rings is 1. The third kappa shape index (κ3) is 3.14. The monoisotopic (exact) mass is 283 g/mol. The number of carbonyl (C=O) groups excluding carboxylic acids is 1. The minimum Gasteiger partial charge on any atom is -0.360 e. The Kier molecular flexibility index (Phi) is 4.06. The normalized spacial score (nSPS) is 10.1. The van der Waals surface area contributed by atoms with Gasteiger partial charge in [0, 0.05) is 12.7 Å². The summed E-state index contributed by atoms with van der Waals surface area (Å²) in [6, 6.07) is 3.26. The molecule has 0 spiro atoms. The molecule has 0 radical (unpaired) electrons. The van der Waals surface area contributed by atoms with Crippen LogP contribution in [0, 0.1) is 0 Å². The smallest absolute Gasteiger partial charge is 0.287 e. The molecule has 0 bridgehead atoms. The van der Waals surface area contributed by atoms with E-state index in [4.69, 9.17) is 11.6 Å². The molecule has 2 N–H and O–H groups in total. The maximum Gasteiger partial charge on any atom is 0.287 e. The molecule has 94 valence electrons. The second kappa shape index (κ2) is 5.74. The second-order valence-electron chi connectivity index (χ2n) is 3.26. The molecule has 2 aromatic heterocycles. The molecule has 8 heteroatoms. The van der Waals surface area contributed by atoms with Gasteiger partial charge in [-0.3, -0.25) is 4.79 Å². The molecule has 0 unspecified atom stereocenters. The first kappa shape index (κ1) is 12.7. The van der Waals surface area contributed by atoms with Gasteiger partial charge >= 0.3 is 0 Å². The van der Waals surface area contributed by atoms with Gasteiger partial charge in [0.25, 0.3) is 5.91 Å². The molecule has 0 aliphatic carbocycles. The second-order valence-corrected chi connectivity index (χ2v) is 4.67. The average molecular weight is 284 g/mol. The average Bonchev–Trinajstić information content (AvgIpc) is 2.81. The van der Waals surface area contributed by atoms with E-state index < -0.39 is 0 Å². The maximum absolute atomic E-state index is 11.8. The van der Waals surface area contributed by atoms with Crippen LogP contribution in [0.4, 0.5) is 10.9 Å². The highest BCUT2D eigenvalue weighted by Gasteiger charge is 2.13. The van der Waals surface area contributed by atoms with Crippen molar-refractivity contribution in [3.05, 3.63) is 28.4 Å². The van der Waals surface area contributed by atoms with Crippen LogP contribution in [-0.4, -0.2) is 27.6 Å². The van der Waals surface area contributed by atoms with Crippen molar-refractivity contribution in [2.45, 2.75) is 6.92 Å². The number of halogens is 1. The van der Waals surface area contributed by atoms with Gasteiger partial charge in [0.2, 0.25) is 10.1 Å². The van der Waals surface area contributed by atoms with E-state index in [2.05, 4.69) is 25.8 Å². The predicted molar refractivity (Wildman–Crippen MR) is 71.3 cm³/mol. The third-order valence-electron chi connectivity index (χ3n) is 1.92. The van der Waals surface area contributed by atoms with Gasteiger partial charge in [-0.15, -0.1) is 10.2 Å². The highest BCUT2D eigenvalue weighted by Crippen LogP contribution is 2.16. The number of carbonyl (C=O) groups is 1. The maximum atomic E-state index is 11.8. The van der Waals surface area contributed by atoms with Crippen LogP contribution in [0.1, 0.15) is 16.7 Å². The fourth-order valence-electron chi connectivity index (χ4n) is 1.16. The Morgan fingerprint density at radius 2 is 2.28 bits per heavy atom. The van der Waals surface area contributed by atoms with Crippen molar-refractivity contribution in [1.29, 1.82) is 0 Å². The number of anilines is 2. The van der Waals surface area contributed by atoms with Crippen molar-refractivity contribution in [1.82, 2.24) is 15.2 Å². The molecular weight excluding hydrogens is 274 g/mol. The van der Waals surface area contributed by atoms with Crippen LogP contribution in [0.5, 0.6) is 0 Å². The zero-order valence-electron chi connectivity index (χ0n) is 9.48. The Morgan fingerprint density at radius 1 is 1.44 bits per heavy atom. The van der Waals surface area contributed by atoms with Crippen LogP contribution in [0.25, 0.3) is 0 Å². The lowest BCUT2D eigenvalue weighted by Crippen LogP contribution is -2.12. The van der Waals surface area contributed by atoms with E-state index in [-0.39, 0.29) is 10.9 Å². The SMILES string of the molecule is CCNc1nnc(C(=O)Nc2ccc(Cl)cn2)s1. The number of rotatable bonds is 4. The first-order valence-electron chi connectivity index (χ1n) is 5.19. The standard InChI is InChI=1S/C10H10ClN5OS/c1-2-12-10-16-15-9(18-10)8(17)14-7-4-3-6(11)5-13-7/h3-5H,2H2,1H3,(H,12,16)(H,13,14,17). The zero-order chi connectivity index (χ0) is 13.0. The highest BCUT2D eigenvalue weighted by atomic mass is 35.5. The van der Waals surface area contributed by atoms with Crippen LogP contribution in [-0.2, 0) is 0 Å². The Bertz CT molecular complexity index is 541. The van der Waals surface area contributed by atoms with Gasteiger partial charge in [0.15, 0.2) is 0 Å². The molecule has 18 heavy (non-hydrogen) atoms. The Morgan fingerprint density at radius 3 is 2.94 bits per heavy atom. The lowest BCUT2D eigenvalue weighted by molar-refractivity contribution is 0.102. The summed E-state index contributed by atoms with van der Waals surface area (Å²) in [5.41, 5.74) is 0. The summed E-state index contributed by atoms with van der Waals surface area (Å²) in [6.07, 6.45) is 1.46. The third-order valence-corrected chi connectivity index (χ3v) is 3.02. The zero-order valence-corrected chi connectivity index (χ0v) is 11.0. The number of hydrogen-bond donors (Lipinski definition) is 2. The first-order chi connectivity index (χ1) is 8.69. The lowest BCUT2D eigenvalue weighted by atomic mass is 10.4. The van der Waals surface area contributed by atoms with Gasteiger partial charge in [0.05, 0.1) is 5.02 Å². The molecule has 1 amide bonds. The topological polar surface area (TPSA) is 79.8 Å². The molecule has 0 aliphatic rings. The molecule has 2 aromatic rings. The van der Waals surface area contributed by atoms with Crippen molar-refractivity contribution in [2.24, 2.45) is 0 Å². The summed E-state index contributed by atoms with van der Waals surface area (Å²) in [7, 11) is 0. The molecule has 2 heterocycles. The number of hydrogen-bond acceptors (Lipinski definition) is 6. The van der Waals surface area contributed by atoms with Gasteiger partial charge in [-0.25, -0.2) is 4.98 Å². The summed E-state index contributed by atoms with van der Waals surface area (Å²) in [4.78, 5) is 15.8. The molecule has 0 atom stereocenters. The van der Waals surface area contributed by atoms with Gasteiger partial charge in [0.1, 0.15) is 5.82 Å². The molecular formula is C10H10ClN5OS. The summed E-state index contributed by atoms with van der Waals surface area (Å²) in [5.74, 6) is 0.0797. The Labute approximate surface area is 112 Å². The minimum absolute atomic E-state index is 0.280. The van der Waals surface area contributed by atoms with E-state index in [0.29, 0.717) is 16.0 Å². The number of aromatic nitrogens is 3. The van der Waals surface area contributed by atoms with Crippen LogP contribution in [0.15, 0.2) is 18.3 Å². The van der Waals surface area contributed by atoms with Crippen molar-refractivity contribution in [2.75, 3.05) is 17.2 Å². The molecule has 0 aromatic carbocycles. The van der Waals surface area contributed by atoms with E-state index in [0.717, 1.165) is 6.54 Å². The summed E-state index contributed by atoms with van der Waals surface area (Å²) in [5, 5.41) is 14.6. The summed E-state index contributed by atoms with van der Waals surface area (Å²) >= 11 is 6.89. The fourth-order valence-corrected chi connectivity index (χ4v) is 1.98. The molecule has 0 fully saturated rings. The molecule has 0 saturated carbocycles. The van der Waals surface area contributed by atoms with Crippen LogP contribution < -0.4 is 10.6 Å².